The summed E-state index contributed by atoms with van der Waals surface area (Å²) >= 11 is 5.81. The maximum absolute atomic E-state index is 5.81. The number of anilines is 1. The molecule has 2 unspecified atom stereocenters. The second-order valence-electron chi connectivity index (χ2n) is 4.66. The van der Waals surface area contributed by atoms with E-state index in [0.29, 0.717) is 18.0 Å². The van der Waals surface area contributed by atoms with Crippen LogP contribution in [0, 0.1) is 0 Å². The van der Waals surface area contributed by atoms with Crippen LogP contribution in [0.3, 0.4) is 0 Å². The highest BCUT2D eigenvalue weighted by molar-refractivity contribution is 6.17. The number of ether oxygens (including phenoxy) is 1. The summed E-state index contributed by atoms with van der Waals surface area (Å²) in [5.41, 5.74) is 2.45. The van der Waals surface area contributed by atoms with Crippen molar-refractivity contribution in [3.05, 3.63) is 29.8 Å². The second kappa shape index (κ2) is 5.74. The van der Waals surface area contributed by atoms with Crippen LogP contribution in [-0.4, -0.2) is 25.3 Å². The van der Waals surface area contributed by atoms with Crippen LogP contribution < -0.4 is 4.90 Å². The van der Waals surface area contributed by atoms with E-state index in [1.54, 1.807) is 0 Å². The van der Waals surface area contributed by atoms with Crippen molar-refractivity contribution in [1.82, 2.24) is 0 Å². The fourth-order valence-corrected chi connectivity index (χ4v) is 2.45. The summed E-state index contributed by atoms with van der Waals surface area (Å²) in [6.07, 6.45) is 1.43. The summed E-state index contributed by atoms with van der Waals surface area (Å²) in [5.74, 6) is 0.580. The number of alkyl halides is 1. The predicted octanol–water partition coefficient (Wildman–Crippen LogP) is 3.43. The molecule has 0 bridgehead atoms. The first-order valence-electron chi connectivity index (χ1n) is 6.27. The minimum absolute atomic E-state index is 0.311. The third-order valence-electron chi connectivity index (χ3n) is 3.36. The molecule has 0 aromatic heterocycles. The van der Waals surface area contributed by atoms with Crippen LogP contribution in [0.5, 0.6) is 0 Å². The van der Waals surface area contributed by atoms with Gasteiger partial charge >= 0.3 is 0 Å². The summed E-state index contributed by atoms with van der Waals surface area (Å²) in [4.78, 5) is 2.45. The maximum Gasteiger partial charge on any atom is 0.0723 e. The molecule has 1 aliphatic heterocycles. The molecule has 0 spiro atoms. The van der Waals surface area contributed by atoms with Crippen LogP contribution in [-0.2, 0) is 10.6 Å². The van der Waals surface area contributed by atoms with Crippen LogP contribution in [0.4, 0.5) is 5.69 Å². The van der Waals surface area contributed by atoms with Gasteiger partial charge in [-0.1, -0.05) is 19.1 Å². The topological polar surface area (TPSA) is 12.5 Å². The molecule has 1 fully saturated rings. The van der Waals surface area contributed by atoms with Crippen molar-refractivity contribution >= 4 is 17.3 Å². The zero-order valence-electron chi connectivity index (χ0n) is 10.5. The molecule has 0 amide bonds. The Morgan fingerprint density at radius 2 is 2.06 bits per heavy atom. The molecule has 1 aromatic carbocycles. The summed E-state index contributed by atoms with van der Waals surface area (Å²) in [6, 6.07) is 9.04. The molecule has 2 rings (SSSR count). The fraction of sp³-hybridized carbons (Fsp3) is 0.571. The monoisotopic (exact) mass is 253 g/mol. The Bertz CT molecular complexity index is 352. The highest BCUT2D eigenvalue weighted by Gasteiger charge is 2.25. The van der Waals surface area contributed by atoms with Gasteiger partial charge in [0.05, 0.1) is 18.8 Å². The van der Waals surface area contributed by atoms with Gasteiger partial charge in [-0.3, -0.25) is 0 Å². The Labute approximate surface area is 109 Å². The van der Waals surface area contributed by atoms with E-state index in [4.69, 9.17) is 16.3 Å². The Hall–Kier alpha value is -0.730. The van der Waals surface area contributed by atoms with Crippen LogP contribution >= 0.6 is 11.6 Å². The number of hydrogen-bond acceptors (Lipinski definition) is 2. The van der Waals surface area contributed by atoms with Gasteiger partial charge < -0.3 is 9.64 Å². The van der Waals surface area contributed by atoms with Crippen molar-refractivity contribution in [2.75, 3.05) is 18.1 Å². The molecule has 0 N–H and O–H groups in total. The van der Waals surface area contributed by atoms with Crippen molar-refractivity contribution in [3.63, 3.8) is 0 Å². The number of benzene rings is 1. The zero-order chi connectivity index (χ0) is 12.3. The molecule has 1 heterocycles. The van der Waals surface area contributed by atoms with E-state index in [2.05, 4.69) is 43.0 Å². The maximum atomic E-state index is 5.81. The lowest BCUT2D eigenvalue weighted by atomic mass is 10.1. The lowest BCUT2D eigenvalue weighted by molar-refractivity contribution is 0.0299. The van der Waals surface area contributed by atoms with Gasteiger partial charge in [0.25, 0.3) is 0 Å². The number of halogens is 1. The Morgan fingerprint density at radius 3 is 2.65 bits per heavy atom. The number of nitrogens with zero attached hydrogens (tertiary/aromatic N) is 1. The largest absolute Gasteiger partial charge is 0.375 e. The van der Waals surface area contributed by atoms with Gasteiger partial charge in [-0.25, -0.2) is 0 Å². The Balaban J connectivity index is 2.16. The molecular formula is C14H20ClNO. The number of hydrogen-bond donors (Lipinski definition) is 0. The van der Waals surface area contributed by atoms with E-state index in [1.807, 2.05) is 0 Å². The van der Waals surface area contributed by atoms with E-state index >= 15 is 0 Å². The van der Waals surface area contributed by atoms with Crippen molar-refractivity contribution in [2.45, 2.75) is 38.3 Å². The third-order valence-corrected chi connectivity index (χ3v) is 3.67. The summed E-state index contributed by atoms with van der Waals surface area (Å²) in [6.45, 7) is 6.14. The van der Waals surface area contributed by atoms with Gasteiger partial charge in [0.1, 0.15) is 0 Å². The molecule has 0 aliphatic carbocycles. The lowest BCUT2D eigenvalue weighted by Crippen LogP contribution is -2.48. The molecule has 1 saturated heterocycles. The van der Waals surface area contributed by atoms with Crippen LogP contribution in [0.1, 0.15) is 25.8 Å². The average Bonchev–Trinajstić information content (AvgIpc) is 2.39. The van der Waals surface area contributed by atoms with E-state index in [-0.39, 0.29) is 0 Å². The SMILES string of the molecule is CCC1COC(C)CN1c1ccc(CCl)cc1. The van der Waals surface area contributed by atoms with Gasteiger partial charge in [0, 0.05) is 18.1 Å². The van der Waals surface area contributed by atoms with Crippen molar-refractivity contribution in [1.29, 1.82) is 0 Å². The number of morpholine rings is 1. The van der Waals surface area contributed by atoms with Crippen LogP contribution in [0.25, 0.3) is 0 Å². The van der Waals surface area contributed by atoms with Crippen molar-refractivity contribution in [2.24, 2.45) is 0 Å². The first kappa shape index (κ1) is 12.7. The molecule has 3 heteroatoms. The Kier molecular flexibility index (Phi) is 4.30. The van der Waals surface area contributed by atoms with E-state index in [0.717, 1.165) is 19.6 Å². The van der Waals surface area contributed by atoms with E-state index in [9.17, 15) is 0 Å². The molecule has 0 radical (unpaired) electrons. The molecule has 1 aromatic rings. The quantitative estimate of drug-likeness (QED) is 0.766. The Morgan fingerprint density at radius 1 is 1.35 bits per heavy atom. The van der Waals surface area contributed by atoms with E-state index in [1.165, 1.54) is 11.3 Å². The fourth-order valence-electron chi connectivity index (χ4n) is 2.28. The summed E-state index contributed by atoms with van der Waals surface area (Å²) < 4.78 is 5.72. The minimum Gasteiger partial charge on any atom is -0.375 e. The van der Waals surface area contributed by atoms with Crippen molar-refractivity contribution in [3.8, 4) is 0 Å². The molecule has 17 heavy (non-hydrogen) atoms. The molecule has 2 nitrogen and oxygen atoms in total. The van der Waals surface area contributed by atoms with Crippen LogP contribution in [0.2, 0.25) is 0 Å². The third kappa shape index (κ3) is 2.93. The summed E-state index contributed by atoms with van der Waals surface area (Å²) in [5, 5.41) is 0. The average molecular weight is 254 g/mol. The minimum atomic E-state index is 0.311. The first-order valence-corrected chi connectivity index (χ1v) is 6.81. The van der Waals surface area contributed by atoms with Gasteiger partial charge in [-0.05, 0) is 31.0 Å². The zero-order valence-corrected chi connectivity index (χ0v) is 11.3. The van der Waals surface area contributed by atoms with Gasteiger partial charge in [-0.2, -0.15) is 0 Å². The smallest absolute Gasteiger partial charge is 0.0723 e. The number of rotatable bonds is 3. The van der Waals surface area contributed by atoms with Gasteiger partial charge in [0.2, 0.25) is 0 Å². The first-order chi connectivity index (χ1) is 8.24. The molecule has 94 valence electrons. The lowest BCUT2D eigenvalue weighted by Gasteiger charge is -2.40. The van der Waals surface area contributed by atoms with E-state index < -0.39 is 0 Å². The molecule has 1 aliphatic rings. The van der Waals surface area contributed by atoms with Gasteiger partial charge in [0.15, 0.2) is 0 Å². The highest BCUT2D eigenvalue weighted by atomic mass is 35.5. The predicted molar refractivity (Wildman–Crippen MR) is 72.8 cm³/mol. The standard InChI is InChI=1S/C14H20ClNO/c1-3-13-10-17-11(2)9-16(13)14-6-4-12(8-15)5-7-14/h4-7,11,13H,3,8-10H2,1-2H3. The second-order valence-corrected chi connectivity index (χ2v) is 4.93. The van der Waals surface area contributed by atoms with Crippen LogP contribution in [0.15, 0.2) is 24.3 Å². The highest BCUT2D eigenvalue weighted by Crippen LogP contribution is 2.24. The van der Waals surface area contributed by atoms with Gasteiger partial charge in [-0.15, -0.1) is 11.6 Å². The normalized spacial score (nSPS) is 25.0. The molecular weight excluding hydrogens is 234 g/mol. The van der Waals surface area contributed by atoms with Crippen molar-refractivity contribution < 1.29 is 4.74 Å². The molecule has 2 atom stereocenters. The summed E-state index contributed by atoms with van der Waals surface area (Å²) in [7, 11) is 0. The molecule has 0 saturated carbocycles.